The van der Waals surface area contributed by atoms with Crippen molar-refractivity contribution < 1.29 is 9.53 Å². The summed E-state index contributed by atoms with van der Waals surface area (Å²) in [5.41, 5.74) is 1.18. The second-order valence-electron chi connectivity index (χ2n) is 4.82. The highest BCUT2D eigenvalue weighted by Crippen LogP contribution is 2.13. The van der Waals surface area contributed by atoms with Crippen molar-refractivity contribution in [2.24, 2.45) is 0 Å². The van der Waals surface area contributed by atoms with Crippen LogP contribution in [0.25, 0.3) is 0 Å². The van der Waals surface area contributed by atoms with Gasteiger partial charge in [0.1, 0.15) is 5.75 Å². The fraction of sp³-hybridized carbons (Fsp3) is 0.562. The van der Waals surface area contributed by atoms with Gasteiger partial charge in [0.2, 0.25) is 5.91 Å². The van der Waals surface area contributed by atoms with Crippen LogP contribution in [0.15, 0.2) is 24.3 Å². The second kappa shape index (κ2) is 8.59. The average Bonchev–Trinajstić information content (AvgIpc) is 2.42. The normalized spacial score (nSPS) is 10.7. The van der Waals surface area contributed by atoms with Gasteiger partial charge in [0.15, 0.2) is 0 Å². The summed E-state index contributed by atoms with van der Waals surface area (Å²) in [7, 11) is 1.97. The molecule has 0 aromatic heterocycles. The Bertz CT molecular complexity index is 399. The van der Waals surface area contributed by atoms with Crippen molar-refractivity contribution >= 4 is 5.91 Å². The Balaban J connectivity index is 2.49. The van der Waals surface area contributed by atoms with Crippen LogP contribution in [0.2, 0.25) is 0 Å². The number of carbonyl (C=O) groups is 1. The molecule has 4 nitrogen and oxygen atoms in total. The molecule has 0 radical (unpaired) electrons. The van der Waals surface area contributed by atoms with E-state index in [4.69, 9.17) is 4.74 Å². The molecule has 0 spiro atoms. The van der Waals surface area contributed by atoms with Crippen LogP contribution < -0.4 is 4.74 Å². The standard InChI is InChI=1S/C16H26N2O2/c1-5-18(6-2)16(19)13-17(4)12-14-8-10-15(11-9-14)20-7-3/h8-11H,5-7,12-13H2,1-4H3. The summed E-state index contributed by atoms with van der Waals surface area (Å²) >= 11 is 0. The van der Waals surface area contributed by atoms with Gasteiger partial charge in [0.25, 0.3) is 0 Å². The van der Waals surface area contributed by atoms with E-state index in [1.54, 1.807) is 0 Å². The predicted molar refractivity (Wildman–Crippen MR) is 81.9 cm³/mol. The molecular weight excluding hydrogens is 252 g/mol. The summed E-state index contributed by atoms with van der Waals surface area (Å²) < 4.78 is 5.42. The summed E-state index contributed by atoms with van der Waals surface area (Å²) in [6, 6.07) is 8.03. The van der Waals surface area contributed by atoms with Gasteiger partial charge >= 0.3 is 0 Å². The topological polar surface area (TPSA) is 32.8 Å². The highest BCUT2D eigenvalue weighted by Gasteiger charge is 2.12. The van der Waals surface area contributed by atoms with E-state index in [1.807, 2.05) is 61.9 Å². The van der Waals surface area contributed by atoms with Crippen LogP contribution in [0.5, 0.6) is 5.75 Å². The van der Waals surface area contributed by atoms with E-state index < -0.39 is 0 Å². The Labute approximate surface area is 122 Å². The zero-order chi connectivity index (χ0) is 15.0. The highest BCUT2D eigenvalue weighted by molar-refractivity contribution is 5.78. The Kier molecular flexibility index (Phi) is 7.09. The lowest BCUT2D eigenvalue weighted by Gasteiger charge is -2.23. The number of likely N-dealkylation sites (N-methyl/N-ethyl adjacent to an activating group) is 2. The summed E-state index contributed by atoms with van der Waals surface area (Å²) in [5.74, 6) is 1.07. The molecule has 1 aromatic rings. The minimum absolute atomic E-state index is 0.184. The quantitative estimate of drug-likeness (QED) is 0.732. The average molecular weight is 278 g/mol. The van der Waals surface area contributed by atoms with Gasteiger partial charge in [-0.05, 0) is 45.5 Å². The van der Waals surface area contributed by atoms with Crippen molar-refractivity contribution in [1.29, 1.82) is 0 Å². The third-order valence-corrected chi connectivity index (χ3v) is 3.21. The molecule has 0 heterocycles. The molecule has 1 amide bonds. The van der Waals surface area contributed by atoms with E-state index in [9.17, 15) is 4.79 Å². The van der Waals surface area contributed by atoms with Gasteiger partial charge in [-0.3, -0.25) is 9.69 Å². The van der Waals surface area contributed by atoms with E-state index >= 15 is 0 Å². The third-order valence-electron chi connectivity index (χ3n) is 3.21. The Morgan fingerprint density at radius 3 is 2.20 bits per heavy atom. The molecule has 4 heteroatoms. The van der Waals surface area contributed by atoms with Crippen molar-refractivity contribution in [3.63, 3.8) is 0 Å². The Hall–Kier alpha value is -1.55. The van der Waals surface area contributed by atoms with Crippen molar-refractivity contribution in [1.82, 2.24) is 9.80 Å². The monoisotopic (exact) mass is 278 g/mol. The van der Waals surface area contributed by atoms with E-state index in [1.165, 1.54) is 5.56 Å². The second-order valence-corrected chi connectivity index (χ2v) is 4.82. The Morgan fingerprint density at radius 1 is 1.10 bits per heavy atom. The zero-order valence-corrected chi connectivity index (χ0v) is 13.1. The molecule has 0 bridgehead atoms. The van der Waals surface area contributed by atoms with Crippen LogP contribution in [0, 0.1) is 0 Å². The first-order valence-corrected chi connectivity index (χ1v) is 7.28. The molecule has 0 N–H and O–H groups in total. The number of hydrogen-bond acceptors (Lipinski definition) is 3. The number of amides is 1. The lowest BCUT2D eigenvalue weighted by molar-refractivity contribution is -0.131. The van der Waals surface area contributed by atoms with Crippen molar-refractivity contribution in [3.8, 4) is 5.75 Å². The number of hydrogen-bond donors (Lipinski definition) is 0. The molecule has 0 fully saturated rings. The van der Waals surface area contributed by atoms with E-state index in [-0.39, 0.29) is 5.91 Å². The van der Waals surface area contributed by atoms with Crippen LogP contribution in [0.1, 0.15) is 26.3 Å². The summed E-state index contributed by atoms with van der Waals surface area (Å²) in [6.07, 6.45) is 0. The number of carbonyl (C=O) groups excluding carboxylic acids is 1. The smallest absolute Gasteiger partial charge is 0.236 e. The van der Waals surface area contributed by atoms with Gasteiger partial charge in [-0.2, -0.15) is 0 Å². The molecule has 0 saturated heterocycles. The fourth-order valence-electron chi connectivity index (χ4n) is 2.13. The van der Waals surface area contributed by atoms with E-state index in [2.05, 4.69) is 0 Å². The van der Waals surface area contributed by atoms with Crippen molar-refractivity contribution in [2.75, 3.05) is 33.3 Å². The van der Waals surface area contributed by atoms with Gasteiger partial charge in [-0.25, -0.2) is 0 Å². The van der Waals surface area contributed by atoms with Crippen molar-refractivity contribution in [3.05, 3.63) is 29.8 Å². The molecule has 0 aliphatic rings. The maximum absolute atomic E-state index is 12.0. The van der Waals surface area contributed by atoms with Gasteiger partial charge in [-0.1, -0.05) is 12.1 Å². The molecule has 0 aliphatic heterocycles. The van der Waals surface area contributed by atoms with Gasteiger partial charge < -0.3 is 9.64 Å². The molecule has 0 atom stereocenters. The highest BCUT2D eigenvalue weighted by atomic mass is 16.5. The maximum Gasteiger partial charge on any atom is 0.236 e. The van der Waals surface area contributed by atoms with Gasteiger partial charge in [-0.15, -0.1) is 0 Å². The molecule has 1 aromatic carbocycles. The maximum atomic E-state index is 12.0. The van der Waals surface area contributed by atoms with Crippen molar-refractivity contribution in [2.45, 2.75) is 27.3 Å². The molecule has 0 unspecified atom stereocenters. The van der Waals surface area contributed by atoms with Gasteiger partial charge in [0, 0.05) is 19.6 Å². The van der Waals surface area contributed by atoms with Gasteiger partial charge in [0.05, 0.1) is 13.2 Å². The van der Waals surface area contributed by atoms with Crippen LogP contribution >= 0.6 is 0 Å². The Morgan fingerprint density at radius 2 is 1.70 bits per heavy atom. The minimum Gasteiger partial charge on any atom is -0.494 e. The van der Waals surface area contributed by atoms with E-state index in [0.717, 1.165) is 25.4 Å². The molecule has 0 aliphatic carbocycles. The first-order valence-electron chi connectivity index (χ1n) is 7.28. The van der Waals surface area contributed by atoms with Crippen LogP contribution in [0.3, 0.4) is 0 Å². The first-order chi connectivity index (χ1) is 9.60. The molecule has 20 heavy (non-hydrogen) atoms. The largest absolute Gasteiger partial charge is 0.494 e. The van der Waals surface area contributed by atoms with Crippen LogP contribution in [0.4, 0.5) is 0 Å². The number of ether oxygens (including phenoxy) is 1. The minimum atomic E-state index is 0.184. The molecular formula is C16H26N2O2. The number of nitrogens with zero attached hydrogens (tertiary/aromatic N) is 2. The van der Waals surface area contributed by atoms with Crippen LogP contribution in [-0.2, 0) is 11.3 Å². The predicted octanol–water partition coefficient (Wildman–Crippen LogP) is 2.39. The SMILES string of the molecule is CCOc1ccc(CN(C)CC(=O)N(CC)CC)cc1. The zero-order valence-electron chi connectivity index (χ0n) is 13.1. The lowest BCUT2D eigenvalue weighted by atomic mass is 10.2. The summed E-state index contributed by atoms with van der Waals surface area (Å²) in [5, 5.41) is 0. The fourth-order valence-corrected chi connectivity index (χ4v) is 2.13. The number of benzene rings is 1. The third kappa shape index (κ3) is 5.21. The van der Waals surface area contributed by atoms with E-state index in [0.29, 0.717) is 13.2 Å². The first kappa shape index (κ1) is 16.5. The number of rotatable bonds is 8. The summed E-state index contributed by atoms with van der Waals surface area (Å²) in [6.45, 7) is 9.42. The molecule has 112 valence electrons. The summed E-state index contributed by atoms with van der Waals surface area (Å²) in [4.78, 5) is 15.9. The molecule has 1 rings (SSSR count). The lowest BCUT2D eigenvalue weighted by Crippen LogP contribution is -2.38. The van der Waals surface area contributed by atoms with Crippen LogP contribution in [-0.4, -0.2) is 49.0 Å². The molecule has 0 saturated carbocycles.